The number of guanidine groups is 1. The Bertz CT molecular complexity index is 2230. The summed E-state index contributed by atoms with van der Waals surface area (Å²) in [4.78, 5) is 101. The first kappa shape index (κ1) is 54.2. The van der Waals surface area contributed by atoms with E-state index < -0.39 is 83.7 Å². The summed E-state index contributed by atoms with van der Waals surface area (Å²) in [5.74, 6) is -8.30. The molecule has 19 nitrogen and oxygen atoms in total. The molecule has 20 heteroatoms. The molecule has 1 fully saturated rings. The molecule has 11 N–H and O–H groups in total. The normalized spacial score (nSPS) is 15.6. The van der Waals surface area contributed by atoms with Gasteiger partial charge in [-0.2, -0.15) is 0 Å². The van der Waals surface area contributed by atoms with Gasteiger partial charge in [-0.15, -0.1) is 0 Å². The van der Waals surface area contributed by atoms with Gasteiger partial charge in [-0.05, 0) is 73.3 Å². The lowest BCUT2D eigenvalue weighted by Gasteiger charge is -2.37. The van der Waals surface area contributed by atoms with Crippen molar-refractivity contribution < 1.29 is 48.1 Å². The maximum absolute atomic E-state index is 15.4. The van der Waals surface area contributed by atoms with Crippen LogP contribution in [0.2, 0.25) is 0 Å². The predicted molar refractivity (Wildman–Crippen MR) is 256 cm³/mol. The summed E-state index contributed by atoms with van der Waals surface area (Å²) in [5.41, 5.74) is 19.7. The molecule has 0 saturated carbocycles. The highest BCUT2D eigenvalue weighted by atomic mass is 79.9. The van der Waals surface area contributed by atoms with Gasteiger partial charge in [-0.25, -0.2) is 4.79 Å². The molecule has 3 aromatic carbocycles. The van der Waals surface area contributed by atoms with Crippen molar-refractivity contribution >= 4 is 63.6 Å². The van der Waals surface area contributed by atoms with Gasteiger partial charge >= 0.3 is 12.1 Å². The van der Waals surface area contributed by atoms with E-state index >= 15 is 4.79 Å². The Hall–Kier alpha value is -6.38. The van der Waals surface area contributed by atoms with Gasteiger partial charge in [0, 0.05) is 36.1 Å². The minimum atomic E-state index is -1.97. The molecule has 1 aliphatic heterocycles. The topological polar surface area (TPSA) is 303 Å². The molecular formula is C48H64BrN9O10. The molecule has 1 aliphatic rings. The number of hydrogen-bond acceptors (Lipinski definition) is 12. The number of imide groups is 1. The predicted octanol–water partition coefficient (Wildman–Crippen LogP) is 3.20. The van der Waals surface area contributed by atoms with Crippen molar-refractivity contribution in [2.75, 3.05) is 19.6 Å². The van der Waals surface area contributed by atoms with E-state index in [0.29, 0.717) is 41.0 Å². The van der Waals surface area contributed by atoms with Gasteiger partial charge in [-0.1, -0.05) is 104 Å². The van der Waals surface area contributed by atoms with Gasteiger partial charge in [0.25, 0.3) is 5.91 Å². The molecule has 0 spiro atoms. The van der Waals surface area contributed by atoms with E-state index in [1.165, 1.54) is 29.2 Å². The van der Waals surface area contributed by atoms with Crippen LogP contribution >= 0.6 is 15.9 Å². The van der Waals surface area contributed by atoms with E-state index in [4.69, 9.17) is 32.1 Å². The van der Waals surface area contributed by atoms with Crippen molar-refractivity contribution in [2.45, 2.75) is 103 Å². The quantitative estimate of drug-likeness (QED) is 0.0223. The third-order valence-corrected chi connectivity index (χ3v) is 12.2. The van der Waals surface area contributed by atoms with E-state index in [2.05, 4.69) is 31.9 Å². The second-order valence-corrected chi connectivity index (χ2v) is 18.3. The van der Waals surface area contributed by atoms with Crippen molar-refractivity contribution in [1.82, 2.24) is 25.8 Å². The van der Waals surface area contributed by atoms with E-state index in [-0.39, 0.29) is 63.0 Å². The van der Waals surface area contributed by atoms with Crippen LogP contribution in [0.4, 0.5) is 4.79 Å². The number of carbonyl (C=O) groups excluding carboxylic acids is 6. The molecule has 368 valence electrons. The minimum Gasteiger partial charge on any atom is -0.481 e. The average Bonchev–Trinajstić information content (AvgIpc) is 3.80. The van der Waals surface area contributed by atoms with E-state index in [1.54, 1.807) is 62.4 Å². The Morgan fingerprint density at radius 2 is 1.53 bits per heavy atom. The number of benzene rings is 3. The van der Waals surface area contributed by atoms with Crippen molar-refractivity contribution in [3.05, 3.63) is 100 Å². The summed E-state index contributed by atoms with van der Waals surface area (Å²) in [7, 11) is 0. The number of nitrogens with two attached hydrogens (primary N) is 3. The smallest absolute Gasteiger partial charge is 0.481 e. The number of ether oxygens (including phenoxy) is 2. The molecule has 1 saturated heterocycles. The summed E-state index contributed by atoms with van der Waals surface area (Å²) in [6, 6.07) is 14.4. The van der Waals surface area contributed by atoms with Crippen LogP contribution in [-0.4, -0.2) is 112 Å². The zero-order valence-corrected chi connectivity index (χ0v) is 40.4. The lowest BCUT2D eigenvalue weighted by Crippen LogP contribution is -2.65. The van der Waals surface area contributed by atoms with Gasteiger partial charge in [0.2, 0.25) is 23.6 Å². The lowest BCUT2D eigenvalue weighted by atomic mass is 9.89. The number of hydrogen-bond donors (Lipinski definition) is 8. The maximum atomic E-state index is 15.4. The average molecular weight is 1010 g/mol. The Labute approximate surface area is 404 Å². The van der Waals surface area contributed by atoms with Crippen LogP contribution in [0.25, 0.3) is 0 Å². The fourth-order valence-electron chi connectivity index (χ4n) is 7.51. The summed E-state index contributed by atoms with van der Waals surface area (Å²) < 4.78 is 11.4. The highest BCUT2D eigenvalue weighted by Crippen LogP contribution is 2.25. The molecule has 0 aromatic heterocycles. The number of carboxylic acid groups (broad SMARTS) is 1. The van der Waals surface area contributed by atoms with Crippen molar-refractivity contribution in [3.8, 4) is 5.75 Å². The third kappa shape index (κ3) is 15.9. The SMILES string of the molecule is CC(C)CNC(=O)[C@H](Cc1ccc(OC(=O)OCc2ccccc2Br)cc1)N(C(=O)[C@@H](N)C(C)C)C(=O)[C@@H](NC(=O)[C@@H]1CCCN1C(=O)[C@@H](N)CCCNC(=N)N)C(Cc1ccccc1)C(=O)O. The second-order valence-electron chi connectivity index (χ2n) is 17.5. The largest absolute Gasteiger partial charge is 0.514 e. The van der Waals surface area contributed by atoms with Crippen molar-refractivity contribution in [3.63, 3.8) is 0 Å². The molecular weight excluding hydrogens is 942 g/mol. The first-order valence-corrected chi connectivity index (χ1v) is 23.4. The number of likely N-dealkylation sites (tertiary alicyclic amines) is 1. The molecule has 0 radical (unpaired) electrons. The van der Waals surface area contributed by atoms with Crippen LogP contribution in [0.3, 0.4) is 0 Å². The van der Waals surface area contributed by atoms with Gasteiger partial charge in [0.15, 0.2) is 5.96 Å². The number of carboxylic acids is 1. The zero-order chi connectivity index (χ0) is 50.1. The number of aliphatic carboxylic acids is 1. The molecule has 3 aromatic rings. The van der Waals surface area contributed by atoms with Gasteiger partial charge in [0.1, 0.15) is 30.5 Å². The highest BCUT2D eigenvalue weighted by molar-refractivity contribution is 9.10. The Balaban J connectivity index is 1.73. The maximum Gasteiger partial charge on any atom is 0.514 e. The molecule has 6 atom stereocenters. The fourth-order valence-corrected chi connectivity index (χ4v) is 7.91. The number of nitrogens with zero attached hydrogens (tertiary/aromatic N) is 2. The van der Waals surface area contributed by atoms with Crippen LogP contribution in [0.1, 0.15) is 70.1 Å². The van der Waals surface area contributed by atoms with Crippen molar-refractivity contribution in [1.29, 1.82) is 5.41 Å². The number of nitrogens with one attached hydrogen (secondary N) is 4. The molecule has 4 rings (SSSR count). The van der Waals surface area contributed by atoms with Gasteiger partial charge in [-0.3, -0.25) is 39.1 Å². The molecule has 5 amide bonds. The van der Waals surface area contributed by atoms with Crippen LogP contribution in [0.5, 0.6) is 5.75 Å². The minimum absolute atomic E-state index is 0.0618. The first-order chi connectivity index (χ1) is 32.3. The molecule has 68 heavy (non-hydrogen) atoms. The standard InChI is InChI=1S/C48H64BrN9O10/c1-28(2)26-55-41(59)38(25-31-18-20-33(21-19-31)68-48(66)67-27-32-14-8-9-15-35(32)49)58(44(62)39(51)29(3)4)45(63)40(34(46(64)65)24-30-12-6-5-7-13-30)56-42(60)37-17-11-23-57(37)43(61)36(50)16-10-22-54-47(52)53/h5-9,12-15,18-21,28-29,34,36-40H,10-11,16-17,22-27,50-51H2,1-4H3,(H,55,59)(H,56,60)(H,64,65)(H4,52,53,54)/t34?,36-,37-,38-,39-,40-/m0/s1. The van der Waals surface area contributed by atoms with Crippen LogP contribution in [0.15, 0.2) is 83.3 Å². The summed E-state index contributed by atoms with van der Waals surface area (Å²) in [6.45, 7) is 7.51. The Morgan fingerprint density at radius 3 is 2.15 bits per heavy atom. The summed E-state index contributed by atoms with van der Waals surface area (Å²) in [5, 5.41) is 26.3. The van der Waals surface area contributed by atoms with Gasteiger partial charge < -0.3 is 52.6 Å². The molecule has 0 aliphatic carbocycles. The number of halogens is 1. The lowest BCUT2D eigenvalue weighted by molar-refractivity contribution is -0.159. The zero-order valence-electron chi connectivity index (χ0n) is 38.8. The highest BCUT2D eigenvalue weighted by Gasteiger charge is 2.47. The van der Waals surface area contributed by atoms with Crippen LogP contribution < -0.4 is 37.9 Å². The van der Waals surface area contributed by atoms with Crippen LogP contribution in [0, 0.1) is 23.2 Å². The van der Waals surface area contributed by atoms with Crippen molar-refractivity contribution in [2.24, 2.45) is 35.0 Å². The van der Waals surface area contributed by atoms with E-state index in [1.807, 2.05) is 19.9 Å². The summed E-state index contributed by atoms with van der Waals surface area (Å²) in [6.07, 6.45) is -0.413. The molecule has 1 heterocycles. The Kier molecular flexibility index (Phi) is 20.9. The Morgan fingerprint density at radius 1 is 0.882 bits per heavy atom. The van der Waals surface area contributed by atoms with Crippen LogP contribution in [-0.2, 0) is 53.0 Å². The number of carbonyl (C=O) groups is 7. The molecule has 0 bridgehead atoms. The van der Waals surface area contributed by atoms with Gasteiger partial charge in [0.05, 0.1) is 18.0 Å². The number of rotatable bonds is 23. The third-order valence-electron chi connectivity index (χ3n) is 11.4. The monoisotopic (exact) mass is 1010 g/mol. The van der Waals surface area contributed by atoms with E-state index in [9.17, 15) is 33.9 Å². The molecule has 1 unspecified atom stereocenters. The van der Waals surface area contributed by atoms with E-state index in [0.717, 1.165) is 4.47 Å². The fraction of sp³-hybridized carbons (Fsp3) is 0.458. The first-order valence-electron chi connectivity index (χ1n) is 22.6. The number of amides is 5. The summed E-state index contributed by atoms with van der Waals surface area (Å²) >= 11 is 3.41. The second kappa shape index (κ2) is 26.2.